The smallest absolute Gasteiger partial charge is 0.251 e. The number of amides is 1. The van der Waals surface area contributed by atoms with Crippen LogP contribution in [0.5, 0.6) is 0 Å². The molecule has 6 nitrogen and oxygen atoms in total. The zero-order valence-corrected chi connectivity index (χ0v) is 8.87. The van der Waals surface area contributed by atoms with Gasteiger partial charge in [0.05, 0.1) is 23.8 Å². The van der Waals surface area contributed by atoms with Crippen LogP contribution >= 0.6 is 0 Å². The third-order valence-corrected chi connectivity index (χ3v) is 2.38. The molecule has 0 bridgehead atoms. The first-order chi connectivity index (χ1) is 7.16. The molecule has 2 rings (SSSR count). The van der Waals surface area contributed by atoms with Crippen LogP contribution in [0.3, 0.4) is 0 Å². The fourth-order valence-corrected chi connectivity index (χ4v) is 1.65. The predicted molar refractivity (Wildman–Crippen MR) is 54.7 cm³/mol. The van der Waals surface area contributed by atoms with Crippen molar-refractivity contribution in [3.05, 3.63) is 17.7 Å². The van der Waals surface area contributed by atoms with Gasteiger partial charge in [0.25, 0.3) is 5.91 Å². The van der Waals surface area contributed by atoms with E-state index < -0.39 is 0 Å². The number of fused-ring (bicyclic) bond motifs is 1. The highest BCUT2D eigenvalue weighted by molar-refractivity contribution is 5.81. The van der Waals surface area contributed by atoms with E-state index in [0.29, 0.717) is 13.0 Å². The van der Waals surface area contributed by atoms with Crippen molar-refractivity contribution in [3.8, 4) is 0 Å². The largest absolute Gasteiger partial charge is 0.347 e. The molecule has 82 valence electrons. The van der Waals surface area contributed by atoms with Crippen molar-refractivity contribution in [2.45, 2.75) is 19.0 Å². The van der Waals surface area contributed by atoms with Crippen LogP contribution in [-0.2, 0) is 17.8 Å². The van der Waals surface area contributed by atoms with Crippen molar-refractivity contribution in [2.75, 3.05) is 14.1 Å². The topological polar surface area (TPSA) is 73.0 Å². The summed E-state index contributed by atoms with van der Waals surface area (Å²) in [6.07, 6.45) is 2.30. The third kappa shape index (κ3) is 2.16. The second kappa shape index (κ2) is 4.00. The van der Waals surface area contributed by atoms with Gasteiger partial charge in [-0.1, -0.05) is 0 Å². The van der Waals surface area contributed by atoms with E-state index in [1.807, 2.05) is 0 Å². The van der Waals surface area contributed by atoms with Gasteiger partial charge in [-0.3, -0.25) is 15.5 Å². The lowest BCUT2D eigenvalue weighted by atomic mass is 10.1. The minimum atomic E-state index is -0.191. The van der Waals surface area contributed by atoms with Crippen molar-refractivity contribution in [2.24, 2.45) is 0 Å². The molecule has 1 atom stereocenters. The van der Waals surface area contributed by atoms with Crippen molar-refractivity contribution < 1.29 is 4.79 Å². The molecule has 6 heteroatoms. The normalized spacial score (nSPS) is 20.1. The maximum Gasteiger partial charge on any atom is 0.251 e. The number of nitrogens with one attached hydrogen (secondary N) is 3. The first-order valence-corrected chi connectivity index (χ1v) is 4.89. The van der Waals surface area contributed by atoms with E-state index in [1.165, 1.54) is 0 Å². The molecular weight excluding hydrogens is 194 g/mol. The lowest BCUT2D eigenvalue weighted by Crippen LogP contribution is -2.51. The maximum atomic E-state index is 11.7. The van der Waals surface area contributed by atoms with Crippen LogP contribution in [0.4, 0.5) is 0 Å². The fourth-order valence-electron chi connectivity index (χ4n) is 1.65. The second-order valence-corrected chi connectivity index (χ2v) is 3.84. The van der Waals surface area contributed by atoms with Gasteiger partial charge in [0.15, 0.2) is 0 Å². The average molecular weight is 209 g/mol. The number of carbonyl (C=O) groups excluding carboxylic acids is 1. The summed E-state index contributed by atoms with van der Waals surface area (Å²) in [6.45, 7) is 0.668. The van der Waals surface area contributed by atoms with Gasteiger partial charge in [0.2, 0.25) is 0 Å². The third-order valence-electron chi connectivity index (χ3n) is 2.38. The molecule has 1 amide bonds. The zero-order valence-electron chi connectivity index (χ0n) is 8.87. The number of carbonyl (C=O) groups is 1. The predicted octanol–water partition coefficient (Wildman–Crippen LogP) is -0.983. The molecule has 0 saturated carbocycles. The molecular formula is C9H15N5O. The molecule has 0 aliphatic carbocycles. The molecule has 1 aliphatic rings. The van der Waals surface area contributed by atoms with E-state index in [1.54, 1.807) is 25.4 Å². The summed E-state index contributed by atoms with van der Waals surface area (Å²) >= 11 is 0. The van der Waals surface area contributed by atoms with E-state index in [4.69, 9.17) is 0 Å². The maximum absolute atomic E-state index is 11.7. The molecule has 1 aliphatic heterocycles. The summed E-state index contributed by atoms with van der Waals surface area (Å²) in [5.41, 5.74) is 4.78. The molecule has 0 fully saturated rings. The van der Waals surface area contributed by atoms with Gasteiger partial charge in [-0.25, -0.2) is 9.99 Å². The van der Waals surface area contributed by atoms with Crippen LogP contribution in [0.1, 0.15) is 11.4 Å². The van der Waals surface area contributed by atoms with E-state index >= 15 is 0 Å². The Labute approximate surface area is 88.0 Å². The lowest BCUT2D eigenvalue weighted by Gasteiger charge is -2.23. The van der Waals surface area contributed by atoms with Crippen molar-refractivity contribution in [1.82, 2.24) is 25.7 Å². The van der Waals surface area contributed by atoms with Gasteiger partial charge in [-0.2, -0.15) is 0 Å². The average Bonchev–Trinajstić information content (AvgIpc) is 2.62. The summed E-state index contributed by atoms with van der Waals surface area (Å²) < 4.78 is 0. The molecule has 1 aromatic rings. The van der Waals surface area contributed by atoms with Gasteiger partial charge in [0.1, 0.15) is 0 Å². The SMILES string of the molecule is CN(C)NC(=O)C1Cc2nc[nH]c2CN1. The van der Waals surface area contributed by atoms with E-state index in [9.17, 15) is 4.79 Å². The van der Waals surface area contributed by atoms with Crippen molar-refractivity contribution in [1.29, 1.82) is 0 Å². The van der Waals surface area contributed by atoms with E-state index in [0.717, 1.165) is 11.4 Å². The molecule has 0 saturated heterocycles. The molecule has 15 heavy (non-hydrogen) atoms. The Morgan fingerprint density at radius 3 is 3.20 bits per heavy atom. The lowest BCUT2D eigenvalue weighted by molar-refractivity contribution is -0.127. The summed E-state index contributed by atoms with van der Waals surface area (Å²) in [7, 11) is 3.58. The minimum absolute atomic E-state index is 0.0198. The Morgan fingerprint density at radius 2 is 2.47 bits per heavy atom. The van der Waals surface area contributed by atoms with Crippen LogP contribution < -0.4 is 10.7 Å². The first kappa shape index (κ1) is 10.1. The number of hydrazine groups is 1. The molecule has 1 unspecified atom stereocenters. The van der Waals surface area contributed by atoms with Crippen LogP contribution in [0.15, 0.2) is 6.33 Å². The Kier molecular flexibility index (Phi) is 2.70. The highest BCUT2D eigenvalue weighted by atomic mass is 16.2. The number of hydrogen-bond acceptors (Lipinski definition) is 4. The van der Waals surface area contributed by atoms with Gasteiger partial charge in [0, 0.05) is 27.1 Å². The number of aromatic amines is 1. The van der Waals surface area contributed by atoms with Crippen LogP contribution in [0, 0.1) is 0 Å². The number of rotatable bonds is 2. The zero-order chi connectivity index (χ0) is 10.8. The van der Waals surface area contributed by atoms with Gasteiger partial charge < -0.3 is 4.98 Å². The van der Waals surface area contributed by atoms with Gasteiger partial charge >= 0.3 is 0 Å². The molecule has 0 spiro atoms. The van der Waals surface area contributed by atoms with Crippen LogP contribution in [0.25, 0.3) is 0 Å². The standard InChI is InChI=1S/C9H15N5O/c1-14(2)13-9(15)7-3-6-8(4-10-7)12-5-11-6/h5,7,10H,3-4H2,1-2H3,(H,11,12)(H,13,15). The summed E-state index contributed by atoms with van der Waals surface area (Å²) in [5, 5.41) is 4.80. The Balaban J connectivity index is 2.00. The quantitative estimate of drug-likeness (QED) is 0.547. The number of nitrogens with zero attached hydrogens (tertiary/aromatic N) is 2. The summed E-state index contributed by atoms with van der Waals surface area (Å²) in [5.74, 6) is -0.0198. The number of H-pyrrole nitrogens is 1. The van der Waals surface area contributed by atoms with Crippen LogP contribution in [-0.4, -0.2) is 41.0 Å². The van der Waals surface area contributed by atoms with Crippen molar-refractivity contribution >= 4 is 5.91 Å². The molecule has 0 aromatic carbocycles. The first-order valence-electron chi connectivity index (χ1n) is 4.89. The molecule has 0 radical (unpaired) electrons. The summed E-state index contributed by atoms with van der Waals surface area (Å²) in [4.78, 5) is 18.9. The van der Waals surface area contributed by atoms with E-state index in [-0.39, 0.29) is 11.9 Å². The summed E-state index contributed by atoms with van der Waals surface area (Å²) in [6, 6.07) is -0.191. The Hall–Kier alpha value is -1.40. The highest BCUT2D eigenvalue weighted by Gasteiger charge is 2.25. The Bertz CT molecular complexity index is 359. The molecule has 2 heterocycles. The number of hydrogen-bond donors (Lipinski definition) is 3. The number of aromatic nitrogens is 2. The Morgan fingerprint density at radius 1 is 1.67 bits per heavy atom. The van der Waals surface area contributed by atoms with Gasteiger partial charge in [-0.15, -0.1) is 0 Å². The number of imidazole rings is 1. The van der Waals surface area contributed by atoms with E-state index in [2.05, 4.69) is 20.7 Å². The van der Waals surface area contributed by atoms with Crippen molar-refractivity contribution in [3.63, 3.8) is 0 Å². The fraction of sp³-hybridized carbons (Fsp3) is 0.556. The molecule has 3 N–H and O–H groups in total. The highest BCUT2D eigenvalue weighted by Crippen LogP contribution is 2.11. The monoisotopic (exact) mass is 209 g/mol. The molecule has 1 aromatic heterocycles. The van der Waals surface area contributed by atoms with Gasteiger partial charge in [-0.05, 0) is 0 Å². The minimum Gasteiger partial charge on any atom is -0.347 e. The second-order valence-electron chi connectivity index (χ2n) is 3.84. The van der Waals surface area contributed by atoms with Crippen LogP contribution in [0.2, 0.25) is 0 Å².